The van der Waals surface area contributed by atoms with E-state index in [1.54, 1.807) is 25.4 Å². The third-order valence-electron chi connectivity index (χ3n) is 3.71. The number of nitrogens with one attached hydrogen (secondary N) is 2. The molecule has 0 saturated carbocycles. The Kier molecular flexibility index (Phi) is 3.99. The topological polar surface area (TPSA) is 54.0 Å². The summed E-state index contributed by atoms with van der Waals surface area (Å²) in [6, 6.07) is 1.68. The highest BCUT2D eigenvalue weighted by Gasteiger charge is 2.61. The number of alkyl halides is 3. The lowest BCUT2D eigenvalue weighted by Gasteiger charge is -2.29. The number of carbonyl (C=O) groups excluding carboxylic acids is 1. The van der Waals surface area contributed by atoms with E-state index in [1.165, 1.54) is 0 Å². The zero-order valence-electron chi connectivity index (χ0n) is 11.0. The molecule has 2 rings (SSSR count). The molecule has 2 heterocycles. The van der Waals surface area contributed by atoms with Gasteiger partial charge in [0, 0.05) is 25.5 Å². The van der Waals surface area contributed by atoms with Gasteiger partial charge in [-0.25, -0.2) is 0 Å². The first-order valence-electron chi connectivity index (χ1n) is 6.32. The average molecular weight is 287 g/mol. The van der Waals surface area contributed by atoms with Crippen LogP contribution in [0.3, 0.4) is 0 Å². The van der Waals surface area contributed by atoms with Crippen LogP contribution in [-0.4, -0.2) is 30.2 Å². The van der Waals surface area contributed by atoms with Crippen molar-refractivity contribution >= 4 is 5.91 Å². The second-order valence-electron chi connectivity index (χ2n) is 4.99. The molecule has 0 radical (unpaired) electrons. The highest BCUT2D eigenvalue weighted by Crippen LogP contribution is 2.43. The van der Waals surface area contributed by atoms with E-state index in [4.69, 9.17) is 0 Å². The van der Waals surface area contributed by atoms with E-state index in [2.05, 4.69) is 15.6 Å². The van der Waals surface area contributed by atoms with Gasteiger partial charge in [-0.05, 0) is 37.1 Å². The van der Waals surface area contributed by atoms with Crippen LogP contribution in [0.15, 0.2) is 18.5 Å². The Morgan fingerprint density at radius 2 is 2.30 bits per heavy atom. The van der Waals surface area contributed by atoms with Crippen LogP contribution < -0.4 is 10.6 Å². The second-order valence-corrected chi connectivity index (χ2v) is 4.99. The van der Waals surface area contributed by atoms with Crippen molar-refractivity contribution in [3.63, 3.8) is 0 Å². The average Bonchev–Trinajstić information content (AvgIpc) is 2.87. The molecule has 0 aromatic carbocycles. The molecule has 1 aromatic heterocycles. The third-order valence-corrected chi connectivity index (χ3v) is 3.71. The van der Waals surface area contributed by atoms with Crippen molar-refractivity contribution in [1.29, 1.82) is 0 Å². The summed E-state index contributed by atoms with van der Waals surface area (Å²) in [6.07, 6.45) is -1.62. The number of pyridine rings is 1. The van der Waals surface area contributed by atoms with Gasteiger partial charge < -0.3 is 10.6 Å². The molecule has 110 valence electrons. The molecule has 0 spiro atoms. The van der Waals surface area contributed by atoms with Gasteiger partial charge in [0.25, 0.3) is 0 Å². The minimum absolute atomic E-state index is 0.0744. The molecule has 0 aliphatic carbocycles. The number of rotatable bonds is 3. The minimum atomic E-state index is -4.55. The molecule has 2 N–H and O–H groups in total. The van der Waals surface area contributed by atoms with Gasteiger partial charge in [-0.3, -0.25) is 9.78 Å². The SMILES string of the molecule is Cc1cnccc1CNC(=O)C1(C(F)(F)F)CCNC1. The molecule has 1 amide bonds. The quantitative estimate of drug-likeness (QED) is 0.887. The molecule has 1 aliphatic rings. The summed E-state index contributed by atoms with van der Waals surface area (Å²) in [6.45, 7) is 1.70. The van der Waals surface area contributed by atoms with Crippen molar-refractivity contribution in [2.75, 3.05) is 13.1 Å². The molecule has 1 aromatic rings. The predicted molar refractivity (Wildman–Crippen MR) is 66.8 cm³/mol. The van der Waals surface area contributed by atoms with Gasteiger partial charge in [0.2, 0.25) is 5.91 Å². The summed E-state index contributed by atoms with van der Waals surface area (Å²) in [4.78, 5) is 15.9. The summed E-state index contributed by atoms with van der Waals surface area (Å²) in [5.74, 6) is -0.966. The van der Waals surface area contributed by atoms with E-state index < -0.39 is 17.5 Å². The van der Waals surface area contributed by atoms with Gasteiger partial charge in [0.05, 0.1) is 0 Å². The van der Waals surface area contributed by atoms with E-state index in [0.29, 0.717) is 0 Å². The van der Waals surface area contributed by atoms with Crippen molar-refractivity contribution in [1.82, 2.24) is 15.6 Å². The molecular formula is C13H16F3N3O. The number of aromatic nitrogens is 1. The van der Waals surface area contributed by atoms with Crippen LogP contribution in [0.2, 0.25) is 0 Å². The Morgan fingerprint density at radius 1 is 1.55 bits per heavy atom. The number of aryl methyl sites for hydroxylation is 1. The van der Waals surface area contributed by atoms with E-state index >= 15 is 0 Å². The van der Waals surface area contributed by atoms with E-state index in [-0.39, 0.29) is 26.1 Å². The zero-order chi connectivity index (χ0) is 14.8. The smallest absolute Gasteiger partial charge is 0.351 e. The number of nitrogens with zero attached hydrogens (tertiary/aromatic N) is 1. The first-order valence-corrected chi connectivity index (χ1v) is 6.32. The minimum Gasteiger partial charge on any atom is -0.351 e. The maximum Gasteiger partial charge on any atom is 0.404 e. The van der Waals surface area contributed by atoms with Crippen molar-refractivity contribution < 1.29 is 18.0 Å². The van der Waals surface area contributed by atoms with Crippen molar-refractivity contribution in [2.24, 2.45) is 5.41 Å². The number of halogens is 3. The van der Waals surface area contributed by atoms with Crippen LogP contribution in [0, 0.1) is 12.3 Å². The fourth-order valence-corrected chi connectivity index (χ4v) is 2.30. The third kappa shape index (κ3) is 2.63. The second kappa shape index (κ2) is 5.40. The van der Waals surface area contributed by atoms with Crippen LogP contribution in [0.5, 0.6) is 0 Å². The van der Waals surface area contributed by atoms with E-state index in [1.807, 2.05) is 0 Å². The Bertz CT molecular complexity index is 496. The van der Waals surface area contributed by atoms with Crippen molar-refractivity contribution in [2.45, 2.75) is 26.1 Å². The Morgan fingerprint density at radius 3 is 2.85 bits per heavy atom. The van der Waals surface area contributed by atoms with Crippen LogP contribution >= 0.6 is 0 Å². The molecule has 4 nitrogen and oxygen atoms in total. The zero-order valence-corrected chi connectivity index (χ0v) is 11.0. The molecule has 1 fully saturated rings. The lowest BCUT2D eigenvalue weighted by molar-refractivity contribution is -0.216. The number of hydrogen-bond donors (Lipinski definition) is 2. The van der Waals surface area contributed by atoms with Gasteiger partial charge in [0.1, 0.15) is 0 Å². The van der Waals surface area contributed by atoms with Gasteiger partial charge >= 0.3 is 6.18 Å². The summed E-state index contributed by atoms with van der Waals surface area (Å²) in [7, 11) is 0. The predicted octanol–water partition coefficient (Wildman–Crippen LogP) is 1.55. The molecule has 20 heavy (non-hydrogen) atoms. The van der Waals surface area contributed by atoms with Gasteiger partial charge in [-0.15, -0.1) is 0 Å². The lowest BCUT2D eigenvalue weighted by atomic mass is 9.85. The molecule has 1 saturated heterocycles. The number of carbonyl (C=O) groups is 1. The molecule has 1 atom stereocenters. The lowest BCUT2D eigenvalue weighted by Crippen LogP contribution is -2.52. The largest absolute Gasteiger partial charge is 0.404 e. The maximum atomic E-state index is 13.2. The molecule has 1 unspecified atom stereocenters. The highest BCUT2D eigenvalue weighted by atomic mass is 19.4. The molecule has 1 aliphatic heterocycles. The monoisotopic (exact) mass is 287 g/mol. The summed E-state index contributed by atoms with van der Waals surface area (Å²) < 4.78 is 39.5. The van der Waals surface area contributed by atoms with Crippen molar-refractivity contribution in [3.05, 3.63) is 29.6 Å². The molecule has 7 heteroatoms. The normalized spacial score (nSPS) is 22.8. The standard InChI is InChI=1S/C13H16F3N3O/c1-9-6-17-4-2-10(9)7-19-11(20)12(13(14,15)16)3-5-18-8-12/h2,4,6,18H,3,5,7-8H2,1H3,(H,19,20). The Balaban J connectivity index is 2.09. The van der Waals surface area contributed by atoms with E-state index in [0.717, 1.165) is 11.1 Å². The van der Waals surface area contributed by atoms with E-state index in [9.17, 15) is 18.0 Å². The fraction of sp³-hybridized carbons (Fsp3) is 0.538. The van der Waals surface area contributed by atoms with Crippen molar-refractivity contribution in [3.8, 4) is 0 Å². The summed E-state index contributed by atoms with van der Waals surface area (Å²) in [5, 5.41) is 5.02. The van der Waals surface area contributed by atoms with Gasteiger partial charge in [-0.2, -0.15) is 13.2 Å². The van der Waals surface area contributed by atoms with Crippen LogP contribution in [0.4, 0.5) is 13.2 Å². The van der Waals surface area contributed by atoms with Gasteiger partial charge in [-0.1, -0.05) is 0 Å². The first-order chi connectivity index (χ1) is 9.37. The number of hydrogen-bond acceptors (Lipinski definition) is 3. The molecular weight excluding hydrogens is 271 g/mol. The summed E-state index contributed by atoms with van der Waals surface area (Å²) >= 11 is 0. The molecule has 0 bridgehead atoms. The highest BCUT2D eigenvalue weighted by molar-refractivity contribution is 5.84. The maximum absolute atomic E-state index is 13.2. The van der Waals surface area contributed by atoms with Crippen LogP contribution in [-0.2, 0) is 11.3 Å². The van der Waals surface area contributed by atoms with Gasteiger partial charge in [0.15, 0.2) is 5.41 Å². The van der Waals surface area contributed by atoms with Crippen LogP contribution in [0.1, 0.15) is 17.5 Å². The summed E-state index contributed by atoms with van der Waals surface area (Å²) in [5.41, 5.74) is -0.719. The number of amides is 1. The first kappa shape index (κ1) is 14.8. The Labute approximate surface area is 114 Å². The Hall–Kier alpha value is -1.63. The van der Waals surface area contributed by atoms with Crippen LogP contribution in [0.25, 0.3) is 0 Å². The fourth-order valence-electron chi connectivity index (χ4n) is 2.30.